The molecule has 0 aliphatic rings. The van der Waals surface area contributed by atoms with Crippen LogP contribution in [0.25, 0.3) is 0 Å². The number of carbonyl (C=O) groups is 1. The number of amides is 1. The number of guanidine groups is 1. The van der Waals surface area contributed by atoms with E-state index in [9.17, 15) is 4.79 Å². The fourth-order valence-corrected chi connectivity index (χ4v) is 1.73. The first kappa shape index (κ1) is 17.8. The van der Waals surface area contributed by atoms with Gasteiger partial charge in [0.1, 0.15) is 12.3 Å². The van der Waals surface area contributed by atoms with Crippen molar-refractivity contribution < 1.29 is 9.21 Å². The van der Waals surface area contributed by atoms with Crippen molar-refractivity contribution >= 4 is 11.9 Å². The highest BCUT2D eigenvalue weighted by Gasteiger charge is 2.11. The van der Waals surface area contributed by atoms with E-state index >= 15 is 0 Å². The number of furan rings is 1. The van der Waals surface area contributed by atoms with Gasteiger partial charge in [-0.15, -0.1) is 0 Å². The summed E-state index contributed by atoms with van der Waals surface area (Å²) in [5.74, 6) is 1.51. The van der Waals surface area contributed by atoms with E-state index in [2.05, 4.69) is 16.9 Å². The molecule has 1 N–H and O–H groups in total. The first-order chi connectivity index (χ1) is 10.3. The van der Waals surface area contributed by atoms with Gasteiger partial charge in [-0.1, -0.05) is 12.2 Å². The molecule has 1 heterocycles. The molecule has 0 aliphatic carbocycles. The van der Waals surface area contributed by atoms with Gasteiger partial charge in [-0.2, -0.15) is 0 Å². The van der Waals surface area contributed by atoms with Crippen molar-refractivity contribution in [2.45, 2.75) is 20.4 Å². The predicted molar refractivity (Wildman–Crippen MR) is 88.7 cm³/mol. The Morgan fingerprint density at radius 2 is 2.09 bits per heavy atom. The molecular formula is C16H26N4O2. The van der Waals surface area contributed by atoms with Gasteiger partial charge in [0.25, 0.3) is 0 Å². The lowest BCUT2D eigenvalue weighted by molar-refractivity contribution is -0.127. The van der Waals surface area contributed by atoms with Crippen molar-refractivity contribution in [2.24, 2.45) is 4.99 Å². The van der Waals surface area contributed by atoms with Crippen LogP contribution in [0.15, 0.2) is 33.9 Å². The number of rotatable bonds is 6. The van der Waals surface area contributed by atoms with Gasteiger partial charge in [0.15, 0.2) is 5.96 Å². The van der Waals surface area contributed by atoms with Crippen LogP contribution in [0.4, 0.5) is 0 Å². The van der Waals surface area contributed by atoms with Gasteiger partial charge in [0.2, 0.25) is 5.91 Å². The molecule has 0 aromatic carbocycles. The van der Waals surface area contributed by atoms with Crippen molar-refractivity contribution in [3.05, 3.63) is 35.8 Å². The van der Waals surface area contributed by atoms with E-state index in [1.54, 1.807) is 20.4 Å². The zero-order valence-corrected chi connectivity index (χ0v) is 14.1. The summed E-state index contributed by atoms with van der Waals surface area (Å²) in [5.41, 5.74) is 2.09. The van der Waals surface area contributed by atoms with Crippen LogP contribution in [-0.4, -0.2) is 55.9 Å². The molecular weight excluding hydrogens is 280 g/mol. The van der Waals surface area contributed by atoms with Gasteiger partial charge in [-0.25, -0.2) is 4.99 Å². The predicted octanol–water partition coefficient (Wildman–Crippen LogP) is 1.63. The van der Waals surface area contributed by atoms with Crippen molar-refractivity contribution in [1.82, 2.24) is 15.1 Å². The van der Waals surface area contributed by atoms with Gasteiger partial charge in [0.05, 0.1) is 6.26 Å². The third-order valence-electron chi connectivity index (χ3n) is 3.15. The summed E-state index contributed by atoms with van der Waals surface area (Å²) in [6.07, 6.45) is 1.67. The summed E-state index contributed by atoms with van der Waals surface area (Å²) < 4.78 is 5.31. The minimum atomic E-state index is -0.0393. The second-order valence-corrected chi connectivity index (χ2v) is 5.60. The maximum Gasteiger partial charge on any atom is 0.243 e. The SMILES string of the molecule is C=C(C)CNC(=NCC(=O)N(C)C)N(C)Cc1ccoc1C. The van der Waals surface area contributed by atoms with Gasteiger partial charge in [-0.05, 0) is 19.9 Å². The van der Waals surface area contributed by atoms with Crippen molar-refractivity contribution in [2.75, 3.05) is 34.2 Å². The molecule has 0 saturated carbocycles. The fourth-order valence-electron chi connectivity index (χ4n) is 1.73. The number of nitrogens with one attached hydrogen (secondary N) is 1. The van der Waals surface area contributed by atoms with Crippen molar-refractivity contribution in [1.29, 1.82) is 0 Å². The number of hydrogen-bond donors (Lipinski definition) is 1. The average molecular weight is 306 g/mol. The van der Waals surface area contributed by atoms with Crippen LogP contribution in [0.5, 0.6) is 0 Å². The molecule has 6 nitrogen and oxygen atoms in total. The van der Waals surface area contributed by atoms with E-state index in [1.807, 2.05) is 31.9 Å². The topological polar surface area (TPSA) is 61.1 Å². The summed E-state index contributed by atoms with van der Waals surface area (Å²) in [6.45, 7) is 9.12. The lowest BCUT2D eigenvalue weighted by Gasteiger charge is -2.22. The Balaban J connectivity index is 2.79. The third-order valence-corrected chi connectivity index (χ3v) is 3.15. The van der Waals surface area contributed by atoms with E-state index in [4.69, 9.17) is 4.42 Å². The van der Waals surface area contributed by atoms with Gasteiger partial charge >= 0.3 is 0 Å². The molecule has 6 heteroatoms. The highest BCUT2D eigenvalue weighted by Crippen LogP contribution is 2.11. The number of nitrogens with zero attached hydrogens (tertiary/aromatic N) is 3. The van der Waals surface area contributed by atoms with Crippen LogP contribution in [0, 0.1) is 6.92 Å². The smallest absolute Gasteiger partial charge is 0.243 e. The fraction of sp³-hybridized carbons (Fsp3) is 0.500. The van der Waals surface area contributed by atoms with Crippen molar-refractivity contribution in [3.63, 3.8) is 0 Å². The van der Waals surface area contributed by atoms with Gasteiger partial charge in [-0.3, -0.25) is 4.79 Å². The van der Waals surface area contributed by atoms with E-state index in [0.717, 1.165) is 16.9 Å². The highest BCUT2D eigenvalue weighted by atomic mass is 16.3. The molecule has 0 saturated heterocycles. The number of aryl methyl sites for hydroxylation is 1. The first-order valence-corrected chi connectivity index (χ1v) is 7.18. The van der Waals surface area contributed by atoms with Crippen LogP contribution < -0.4 is 5.32 Å². The van der Waals surface area contributed by atoms with Crippen molar-refractivity contribution in [3.8, 4) is 0 Å². The second-order valence-electron chi connectivity index (χ2n) is 5.60. The largest absolute Gasteiger partial charge is 0.469 e. The highest BCUT2D eigenvalue weighted by molar-refractivity contribution is 5.84. The summed E-state index contributed by atoms with van der Waals surface area (Å²) in [5, 5.41) is 3.22. The molecule has 0 unspecified atom stereocenters. The standard InChI is InChI=1S/C16H26N4O2/c1-12(2)9-17-16(18-10-15(21)19(4)5)20(6)11-14-7-8-22-13(14)3/h7-8H,1,9-11H2,2-6H3,(H,17,18). The molecule has 122 valence electrons. The maximum atomic E-state index is 11.7. The molecule has 0 fully saturated rings. The van der Waals surface area contributed by atoms with E-state index < -0.39 is 0 Å². The van der Waals surface area contributed by atoms with Gasteiger partial charge in [0, 0.05) is 39.8 Å². The summed E-state index contributed by atoms with van der Waals surface area (Å²) >= 11 is 0. The Morgan fingerprint density at radius 3 is 2.59 bits per heavy atom. The molecule has 22 heavy (non-hydrogen) atoms. The first-order valence-electron chi connectivity index (χ1n) is 7.18. The average Bonchev–Trinajstić information content (AvgIpc) is 2.83. The molecule has 0 spiro atoms. The summed E-state index contributed by atoms with van der Waals surface area (Å²) in [6, 6.07) is 1.94. The Bertz CT molecular complexity index is 546. The van der Waals surface area contributed by atoms with Crippen LogP contribution in [0.2, 0.25) is 0 Å². The Labute approximate surface area is 132 Å². The number of hydrogen-bond acceptors (Lipinski definition) is 3. The van der Waals surface area contributed by atoms with Crippen LogP contribution in [-0.2, 0) is 11.3 Å². The molecule has 0 radical (unpaired) electrons. The summed E-state index contributed by atoms with van der Waals surface area (Å²) in [7, 11) is 5.37. The molecule has 1 aromatic heterocycles. The monoisotopic (exact) mass is 306 g/mol. The molecule has 0 aliphatic heterocycles. The van der Waals surface area contributed by atoms with Gasteiger partial charge < -0.3 is 19.5 Å². The van der Waals surface area contributed by atoms with Crippen LogP contribution in [0.1, 0.15) is 18.2 Å². The lowest BCUT2D eigenvalue weighted by atomic mass is 10.2. The van der Waals surface area contributed by atoms with E-state index in [0.29, 0.717) is 19.0 Å². The molecule has 1 rings (SSSR count). The minimum Gasteiger partial charge on any atom is -0.469 e. The Kier molecular flexibility index (Phi) is 6.69. The maximum absolute atomic E-state index is 11.7. The third kappa shape index (κ3) is 5.63. The quantitative estimate of drug-likeness (QED) is 0.493. The number of carbonyl (C=O) groups excluding carboxylic acids is 1. The normalized spacial score (nSPS) is 11.2. The van der Waals surface area contributed by atoms with Crippen LogP contribution >= 0.6 is 0 Å². The molecule has 0 bridgehead atoms. The molecule has 1 aromatic rings. The Hall–Kier alpha value is -2.24. The molecule has 0 atom stereocenters. The summed E-state index contributed by atoms with van der Waals surface area (Å²) in [4.78, 5) is 19.6. The Morgan fingerprint density at radius 1 is 1.41 bits per heavy atom. The second kappa shape index (κ2) is 8.26. The molecule has 1 amide bonds. The van der Waals surface area contributed by atoms with E-state index in [1.165, 1.54) is 4.90 Å². The minimum absolute atomic E-state index is 0.0393. The van der Waals surface area contributed by atoms with Crippen LogP contribution in [0.3, 0.4) is 0 Å². The van der Waals surface area contributed by atoms with E-state index in [-0.39, 0.29) is 12.5 Å². The lowest BCUT2D eigenvalue weighted by Crippen LogP contribution is -2.40. The number of aliphatic imine (C=N–C) groups is 1. The zero-order chi connectivity index (χ0) is 16.7. The number of likely N-dealkylation sites (N-methyl/N-ethyl adjacent to an activating group) is 1. The zero-order valence-electron chi connectivity index (χ0n) is 14.1.